The standard InChI is InChI=1S/C50H33N3/c1-3-15-36(16-4-1)44-33-39(41-27-13-22-34-17-7-10-24-40(34)41)30-32-47(44)53(46-28-14-23-35-18-8-11-25-42(35)46)50-51-45-31-29-37-19-9-12-26-43(37)48(45)49(52-50)38-20-5-2-6-21-38/h1-33H. The van der Waals surface area contributed by atoms with Crippen LogP contribution in [-0.2, 0) is 0 Å². The molecule has 0 atom stereocenters. The van der Waals surface area contributed by atoms with Crippen LogP contribution in [0.5, 0.6) is 0 Å². The lowest BCUT2D eigenvalue weighted by Crippen LogP contribution is -2.15. The van der Waals surface area contributed by atoms with Gasteiger partial charge < -0.3 is 0 Å². The Labute approximate surface area is 308 Å². The molecule has 53 heavy (non-hydrogen) atoms. The fourth-order valence-electron chi connectivity index (χ4n) is 7.77. The van der Waals surface area contributed by atoms with Gasteiger partial charge in [0.05, 0.1) is 22.6 Å². The van der Waals surface area contributed by atoms with Crippen LogP contribution in [0.2, 0.25) is 0 Å². The second-order valence-electron chi connectivity index (χ2n) is 13.4. The van der Waals surface area contributed by atoms with Crippen molar-refractivity contribution in [3.63, 3.8) is 0 Å². The van der Waals surface area contributed by atoms with Crippen molar-refractivity contribution in [2.45, 2.75) is 0 Å². The van der Waals surface area contributed by atoms with Crippen molar-refractivity contribution < 1.29 is 0 Å². The molecule has 0 spiro atoms. The first-order valence-corrected chi connectivity index (χ1v) is 18.0. The molecule has 10 aromatic rings. The van der Waals surface area contributed by atoms with E-state index >= 15 is 0 Å². The van der Waals surface area contributed by atoms with Gasteiger partial charge in [-0.2, -0.15) is 0 Å². The van der Waals surface area contributed by atoms with Crippen molar-refractivity contribution in [3.05, 3.63) is 200 Å². The van der Waals surface area contributed by atoms with Crippen LogP contribution < -0.4 is 4.90 Å². The molecule has 0 aliphatic carbocycles. The largest absolute Gasteiger partial charge is 0.278 e. The quantitative estimate of drug-likeness (QED) is 0.164. The lowest BCUT2D eigenvalue weighted by molar-refractivity contribution is 1.12. The third kappa shape index (κ3) is 5.38. The number of hydrogen-bond donors (Lipinski definition) is 0. The topological polar surface area (TPSA) is 29.0 Å². The summed E-state index contributed by atoms with van der Waals surface area (Å²) in [4.78, 5) is 13.3. The first kappa shape index (κ1) is 30.7. The number of anilines is 3. The van der Waals surface area contributed by atoms with Crippen molar-refractivity contribution in [1.82, 2.24) is 9.97 Å². The van der Waals surface area contributed by atoms with E-state index in [1.165, 1.54) is 16.3 Å². The van der Waals surface area contributed by atoms with Gasteiger partial charge in [0.2, 0.25) is 5.95 Å². The minimum Gasteiger partial charge on any atom is -0.278 e. The molecule has 0 amide bonds. The molecule has 10 rings (SSSR count). The van der Waals surface area contributed by atoms with Crippen LogP contribution in [0.4, 0.5) is 17.3 Å². The molecule has 0 saturated heterocycles. The Hall–Kier alpha value is -7.10. The molecular formula is C50H33N3. The van der Waals surface area contributed by atoms with Crippen molar-refractivity contribution in [2.24, 2.45) is 0 Å². The Kier molecular flexibility index (Phi) is 7.47. The maximum Gasteiger partial charge on any atom is 0.235 e. The lowest BCUT2D eigenvalue weighted by atomic mass is 9.93. The second-order valence-corrected chi connectivity index (χ2v) is 13.4. The van der Waals surface area contributed by atoms with E-state index in [-0.39, 0.29) is 0 Å². The van der Waals surface area contributed by atoms with E-state index in [1.54, 1.807) is 0 Å². The maximum absolute atomic E-state index is 5.55. The van der Waals surface area contributed by atoms with E-state index in [1.807, 2.05) is 0 Å². The summed E-state index contributed by atoms with van der Waals surface area (Å²) in [5.74, 6) is 0.609. The Morgan fingerprint density at radius 2 is 0.925 bits per heavy atom. The van der Waals surface area contributed by atoms with E-state index in [9.17, 15) is 0 Å². The van der Waals surface area contributed by atoms with Gasteiger partial charge in [0, 0.05) is 21.9 Å². The van der Waals surface area contributed by atoms with E-state index in [0.717, 1.165) is 71.8 Å². The van der Waals surface area contributed by atoms with Crippen LogP contribution >= 0.6 is 0 Å². The molecule has 0 aliphatic rings. The number of rotatable bonds is 6. The number of hydrogen-bond acceptors (Lipinski definition) is 3. The summed E-state index contributed by atoms with van der Waals surface area (Å²) in [5.41, 5.74) is 9.41. The third-order valence-corrected chi connectivity index (χ3v) is 10.3. The molecule has 0 radical (unpaired) electrons. The highest BCUT2D eigenvalue weighted by molar-refractivity contribution is 6.13. The summed E-state index contributed by atoms with van der Waals surface area (Å²) in [7, 11) is 0. The zero-order valence-electron chi connectivity index (χ0n) is 28.9. The molecule has 9 aromatic carbocycles. The normalized spacial score (nSPS) is 11.4. The minimum atomic E-state index is 0.609. The van der Waals surface area contributed by atoms with Crippen LogP contribution in [0.25, 0.3) is 76.7 Å². The molecule has 248 valence electrons. The lowest BCUT2D eigenvalue weighted by Gasteiger charge is -2.28. The smallest absolute Gasteiger partial charge is 0.235 e. The molecule has 1 aromatic heterocycles. The Balaban J connectivity index is 1.30. The number of nitrogens with zero attached hydrogens (tertiary/aromatic N) is 3. The zero-order chi connectivity index (χ0) is 35.1. The fourth-order valence-corrected chi connectivity index (χ4v) is 7.77. The Morgan fingerprint density at radius 3 is 1.68 bits per heavy atom. The minimum absolute atomic E-state index is 0.609. The van der Waals surface area contributed by atoms with Gasteiger partial charge in [0.1, 0.15) is 0 Å². The van der Waals surface area contributed by atoms with Crippen LogP contribution in [0, 0.1) is 0 Å². The molecule has 0 aliphatic heterocycles. The van der Waals surface area contributed by atoms with Crippen molar-refractivity contribution >= 4 is 60.5 Å². The van der Waals surface area contributed by atoms with Crippen molar-refractivity contribution in [3.8, 4) is 33.5 Å². The molecular weight excluding hydrogens is 643 g/mol. The molecule has 1 heterocycles. The van der Waals surface area contributed by atoms with Gasteiger partial charge in [-0.15, -0.1) is 0 Å². The van der Waals surface area contributed by atoms with E-state index in [4.69, 9.17) is 9.97 Å². The van der Waals surface area contributed by atoms with Gasteiger partial charge in [-0.1, -0.05) is 176 Å². The maximum atomic E-state index is 5.55. The summed E-state index contributed by atoms with van der Waals surface area (Å²) in [6.07, 6.45) is 0. The number of benzene rings is 9. The van der Waals surface area contributed by atoms with Crippen molar-refractivity contribution in [1.29, 1.82) is 0 Å². The predicted octanol–water partition coefficient (Wildman–Crippen LogP) is 13.6. The highest BCUT2D eigenvalue weighted by Crippen LogP contribution is 2.45. The van der Waals surface area contributed by atoms with Crippen LogP contribution in [0.15, 0.2) is 200 Å². The average molecular weight is 676 g/mol. The van der Waals surface area contributed by atoms with Crippen molar-refractivity contribution in [2.75, 3.05) is 4.90 Å². The number of fused-ring (bicyclic) bond motifs is 5. The molecule has 0 unspecified atom stereocenters. The predicted molar refractivity (Wildman–Crippen MR) is 223 cm³/mol. The van der Waals surface area contributed by atoms with Gasteiger partial charge >= 0.3 is 0 Å². The summed E-state index contributed by atoms with van der Waals surface area (Å²) < 4.78 is 0. The molecule has 0 bridgehead atoms. The SMILES string of the molecule is c1ccc(-c2cc(-c3cccc4ccccc34)ccc2N(c2nc(-c3ccccc3)c3c(ccc4ccccc43)n2)c2cccc3ccccc23)cc1. The van der Waals surface area contributed by atoms with Gasteiger partial charge in [-0.05, 0) is 67.9 Å². The fraction of sp³-hybridized carbons (Fsp3) is 0. The Morgan fingerprint density at radius 1 is 0.340 bits per heavy atom. The molecule has 0 N–H and O–H groups in total. The first-order valence-electron chi connectivity index (χ1n) is 18.0. The monoisotopic (exact) mass is 675 g/mol. The summed E-state index contributed by atoms with van der Waals surface area (Å²) >= 11 is 0. The second kappa shape index (κ2) is 12.9. The summed E-state index contributed by atoms with van der Waals surface area (Å²) in [6, 6.07) is 71.0. The van der Waals surface area contributed by atoms with Gasteiger partial charge in [0.25, 0.3) is 0 Å². The van der Waals surface area contributed by atoms with E-state index in [2.05, 4.69) is 205 Å². The van der Waals surface area contributed by atoms with Crippen LogP contribution in [0.1, 0.15) is 0 Å². The molecule has 3 nitrogen and oxygen atoms in total. The number of aromatic nitrogens is 2. The van der Waals surface area contributed by atoms with E-state index in [0.29, 0.717) is 5.95 Å². The highest BCUT2D eigenvalue weighted by atomic mass is 15.3. The first-order chi connectivity index (χ1) is 26.3. The summed E-state index contributed by atoms with van der Waals surface area (Å²) in [6.45, 7) is 0. The van der Waals surface area contributed by atoms with Gasteiger partial charge in [-0.25, -0.2) is 9.97 Å². The van der Waals surface area contributed by atoms with Crippen LogP contribution in [-0.4, -0.2) is 9.97 Å². The summed E-state index contributed by atoms with van der Waals surface area (Å²) in [5, 5.41) is 8.06. The molecule has 0 saturated carbocycles. The van der Waals surface area contributed by atoms with Crippen LogP contribution in [0.3, 0.4) is 0 Å². The third-order valence-electron chi connectivity index (χ3n) is 10.3. The average Bonchev–Trinajstić information content (AvgIpc) is 3.24. The van der Waals surface area contributed by atoms with Gasteiger partial charge in [0.15, 0.2) is 0 Å². The molecule has 0 fully saturated rings. The van der Waals surface area contributed by atoms with E-state index < -0.39 is 0 Å². The van der Waals surface area contributed by atoms with Gasteiger partial charge in [-0.3, -0.25) is 4.90 Å². The highest BCUT2D eigenvalue weighted by Gasteiger charge is 2.24. The Bertz CT molecular complexity index is 2940. The zero-order valence-corrected chi connectivity index (χ0v) is 28.9. The molecule has 3 heteroatoms.